The predicted octanol–water partition coefficient (Wildman–Crippen LogP) is -0.645. The molecule has 0 bridgehead atoms. The summed E-state index contributed by atoms with van der Waals surface area (Å²) in [6, 6.07) is 0. The molecule has 0 rings (SSSR count). The lowest BCUT2D eigenvalue weighted by atomic mass is 10.5. The number of carbonyl (C=O) groups excluding carboxylic acids is 2. The van der Waals surface area contributed by atoms with Gasteiger partial charge in [-0.3, -0.25) is 9.59 Å². The predicted molar refractivity (Wildman–Crippen MR) is 46.4 cm³/mol. The fourth-order valence-corrected chi connectivity index (χ4v) is 0.631. The lowest BCUT2D eigenvalue weighted by molar-refractivity contribution is -0.129. The Morgan fingerprint density at radius 1 is 1.31 bits per heavy atom. The van der Waals surface area contributed by atoms with Crippen LogP contribution in [0.15, 0.2) is 0 Å². The van der Waals surface area contributed by atoms with Crippen molar-refractivity contribution < 1.29 is 19.1 Å². The molecule has 0 saturated heterocycles. The second kappa shape index (κ2) is 7.70. The zero-order valence-corrected chi connectivity index (χ0v) is 7.96. The van der Waals surface area contributed by atoms with Crippen molar-refractivity contribution in [1.29, 1.82) is 0 Å². The molecule has 0 spiro atoms. The summed E-state index contributed by atoms with van der Waals surface area (Å²) in [6.07, 6.45) is 0. The zero-order chi connectivity index (χ0) is 10.1. The maximum atomic E-state index is 10.9. The minimum Gasteiger partial charge on any atom is -0.383 e. The number of rotatable bonds is 7. The van der Waals surface area contributed by atoms with Crippen molar-refractivity contribution >= 4 is 11.7 Å². The Morgan fingerprint density at radius 2 is 2.00 bits per heavy atom. The zero-order valence-electron chi connectivity index (χ0n) is 7.96. The molecule has 0 saturated carbocycles. The molecule has 0 aliphatic carbocycles. The molecule has 13 heavy (non-hydrogen) atoms. The minimum atomic E-state index is -0.238. The molecule has 1 N–H and O–H groups in total. The monoisotopic (exact) mass is 189 g/mol. The quantitative estimate of drug-likeness (QED) is 0.541. The first kappa shape index (κ1) is 12.1. The van der Waals surface area contributed by atoms with Gasteiger partial charge in [-0.05, 0) is 6.92 Å². The lowest BCUT2D eigenvalue weighted by Crippen LogP contribution is -2.31. The van der Waals surface area contributed by atoms with Gasteiger partial charge in [-0.15, -0.1) is 0 Å². The highest BCUT2D eigenvalue weighted by atomic mass is 16.5. The van der Waals surface area contributed by atoms with Crippen LogP contribution in [0.25, 0.3) is 0 Å². The van der Waals surface area contributed by atoms with Gasteiger partial charge in [-0.2, -0.15) is 0 Å². The molecule has 5 heteroatoms. The third kappa shape index (κ3) is 8.97. The number of amides is 1. The van der Waals surface area contributed by atoms with Gasteiger partial charge in [-0.25, -0.2) is 0 Å². The second-order valence-corrected chi connectivity index (χ2v) is 2.54. The molecular formula is C8H15NO4. The molecule has 0 atom stereocenters. The van der Waals surface area contributed by atoms with Gasteiger partial charge < -0.3 is 14.8 Å². The van der Waals surface area contributed by atoms with Crippen LogP contribution >= 0.6 is 0 Å². The fraction of sp³-hybridized carbons (Fsp3) is 0.750. The summed E-state index contributed by atoms with van der Waals surface area (Å²) >= 11 is 0. The van der Waals surface area contributed by atoms with E-state index in [0.717, 1.165) is 0 Å². The smallest absolute Gasteiger partial charge is 0.246 e. The fourth-order valence-electron chi connectivity index (χ4n) is 0.631. The molecule has 76 valence electrons. The van der Waals surface area contributed by atoms with Crippen LogP contribution in [0.4, 0.5) is 0 Å². The largest absolute Gasteiger partial charge is 0.383 e. The first-order valence-electron chi connectivity index (χ1n) is 3.99. The van der Waals surface area contributed by atoms with E-state index < -0.39 is 0 Å². The van der Waals surface area contributed by atoms with E-state index in [9.17, 15) is 9.59 Å². The first-order chi connectivity index (χ1) is 6.16. The summed E-state index contributed by atoms with van der Waals surface area (Å²) in [5.41, 5.74) is 0. The number of ether oxygens (including phenoxy) is 2. The summed E-state index contributed by atoms with van der Waals surface area (Å²) in [4.78, 5) is 21.3. The van der Waals surface area contributed by atoms with E-state index >= 15 is 0 Å². The summed E-state index contributed by atoms with van der Waals surface area (Å²) in [6.45, 7) is 2.24. The topological polar surface area (TPSA) is 64.6 Å². The van der Waals surface area contributed by atoms with Crippen molar-refractivity contribution in [1.82, 2.24) is 5.32 Å². The van der Waals surface area contributed by atoms with Crippen molar-refractivity contribution in [3.63, 3.8) is 0 Å². The Bertz CT molecular complexity index is 170. The third-order valence-corrected chi connectivity index (χ3v) is 1.17. The Morgan fingerprint density at radius 3 is 2.54 bits per heavy atom. The van der Waals surface area contributed by atoms with Crippen LogP contribution in [0.2, 0.25) is 0 Å². The van der Waals surface area contributed by atoms with Crippen molar-refractivity contribution in [3.8, 4) is 0 Å². The first-order valence-corrected chi connectivity index (χ1v) is 3.99. The Balaban J connectivity index is 3.25. The van der Waals surface area contributed by atoms with E-state index in [0.29, 0.717) is 13.2 Å². The van der Waals surface area contributed by atoms with Crippen LogP contribution < -0.4 is 5.32 Å². The van der Waals surface area contributed by atoms with Crippen LogP contribution in [-0.4, -0.2) is 45.2 Å². The van der Waals surface area contributed by atoms with Gasteiger partial charge in [0.1, 0.15) is 13.2 Å². The molecular weight excluding hydrogens is 174 g/mol. The van der Waals surface area contributed by atoms with Crippen LogP contribution in [-0.2, 0) is 19.1 Å². The number of ketones is 1. The van der Waals surface area contributed by atoms with Crippen LogP contribution in [0.5, 0.6) is 0 Å². The Hall–Kier alpha value is -0.940. The van der Waals surface area contributed by atoms with Crippen LogP contribution in [0, 0.1) is 0 Å². The number of hydrogen-bond acceptors (Lipinski definition) is 4. The van der Waals surface area contributed by atoms with Gasteiger partial charge in [0.15, 0.2) is 5.78 Å². The Labute approximate surface area is 77.4 Å². The summed E-state index contributed by atoms with van der Waals surface area (Å²) in [5, 5.41) is 2.56. The van der Waals surface area contributed by atoms with Gasteiger partial charge in [0.05, 0.1) is 6.61 Å². The van der Waals surface area contributed by atoms with Crippen molar-refractivity contribution in [2.45, 2.75) is 6.92 Å². The molecule has 0 aromatic heterocycles. The molecule has 0 heterocycles. The SMILES string of the molecule is COCCNC(=O)COCC(C)=O. The minimum absolute atomic E-state index is 0.0162. The summed E-state index contributed by atoms with van der Waals surface area (Å²) < 4.78 is 9.51. The van der Waals surface area contributed by atoms with E-state index in [1.807, 2.05) is 0 Å². The van der Waals surface area contributed by atoms with Gasteiger partial charge in [0.25, 0.3) is 0 Å². The van der Waals surface area contributed by atoms with Crippen molar-refractivity contribution in [3.05, 3.63) is 0 Å². The van der Waals surface area contributed by atoms with Crippen molar-refractivity contribution in [2.24, 2.45) is 0 Å². The molecule has 1 amide bonds. The average molecular weight is 189 g/mol. The number of carbonyl (C=O) groups is 2. The molecule has 0 aromatic rings. The number of methoxy groups -OCH3 is 1. The highest BCUT2D eigenvalue weighted by Gasteiger charge is 2.00. The lowest BCUT2D eigenvalue weighted by Gasteiger charge is -2.03. The second-order valence-electron chi connectivity index (χ2n) is 2.54. The van der Waals surface area contributed by atoms with Gasteiger partial charge in [0.2, 0.25) is 5.91 Å². The normalized spacial score (nSPS) is 9.69. The molecule has 0 aliphatic heterocycles. The highest BCUT2D eigenvalue weighted by Crippen LogP contribution is 1.77. The van der Waals surface area contributed by atoms with Gasteiger partial charge >= 0.3 is 0 Å². The van der Waals surface area contributed by atoms with E-state index in [1.165, 1.54) is 6.92 Å². The van der Waals surface area contributed by atoms with Gasteiger partial charge in [-0.1, -0.05) is 0 Å². The van der Waals surface area contributed by atoms with Crippen molar-refractivity contribution in [2.75, 3.05) is 33.5 Å². The van der Waals surface area contributed by atoms with E-state index in [-0.39, 0.29) is 24.9 Å². The van der Waals surface area contributed by atoms with E-state index in [1.54, 1.807) is 7.11 Å². The summed E-state index contributed by atoms with van der Waals surface area (Å²) in [5.74, 6) is -0.331. The molecule has 0 fully saturated rings. The maximum absolute atomic E-state index is 10.9. The molecule has 0 radical (unpaired) electrons. The number of Topliss-reactive ketones (excluding diaryl/α,β-unsaturated/α-hetero) is 1. The average Bonchev–Trinajstić information content (AvgIpc) is 2.04. The van der Waals surface area contributed by atoms with Gasteiger partial charge in [0, 0.05) is 13.7 Å². The number of hydrogen-bond donors (Lipinski definition) is 1. The molecule has 5 nitrogen and oxygen atoms in total. The van der Waals surface area contributed by atoms with Crippen LogP contribution in [0.3, 0.4) is 0 Å². The molecule has 0 aliphatic rings. The Kier molecular flexibility index (Phi) is 7.14. The standard InChI is InChI=1S/C8H15NO4/c1-7(10)5-13-6-8(11)9-3-4-12-2/h3-6H2,1-2H3,(H,9,11). The van der Waals surface area contributed by atoms with E-state index in [4.69, 9.17) is 9.47 Å². The van der Waals surface area contributed by atoms with Crippen LogP contribution in [0.1, 0.15) is 6.92 Å². The highest BCUT2D eigenvalue weighted by molar-refractivity contribution is 5.79. The summed E-state index contributed by atoms with van der Waals surface area (Å²) in [7, 11) is 1.55. The number of nitrogens with one attached hydrogen (secondary N) is 1. The molecule has 0 aromatic carbocycles. The third-order valence-electron chi connectivity index (χ3n) is 1.17. The maximum Gasteiger partial charge on any atom is 0.246 e. The molecule has 0 unspecified atom stereocenters. The van der Waals surface area contributed by atoms with E-state index in [2.05, 4.69) is 5.32 Å².